The van der Waals surface area contributed by atoms with Crippen LogP contribution in [-0.4, -0.2) is 32.6 Å². The van der Waals surface area contributed by atoms with Crippen molar-refractivity contribution in [1.29, 1.82) is 0 Å². The molecule has 3 aromatic rings. The molecule has 0 unspecified atom stereocenters. The maximum Gasteiger partial charge on any atom is 0.261 e. The Morgan fingerprint density at radius 3 is 2.56 bits per heavy atom. The van der Waals surface area contributed by atoms with E-state index in [1.165, 1.54) is 0 Å². The molecular weight excluding hydrogens is 338 g/mol. The minimum absolute atomic E-state index is 0.0362. The molecule has 0 radical (unpaired) electrons. The van der Waals surface area contributed by atoms with E-state index >= 15 is 0 Å². The lowest BCUT2D eigenvalue weighted by atomic mass is 9.97. The van der Waals surface area contributed by atoms with Gasteiger partial charge in [-0.05, 0) is 30.9 Å². The van der Waals surface area contributed by atoms with E-state index in [1.807, 2.05) is 24.3 Å². The first-order valence-corrected chi connectivity index (χ1v) is 8.75. The largest absolute Gasteiger partial charge is 0.341 e. The van der Waals surface area contributed by atoms with Crippen LogP contribution < -0.4 is 10.5 Å². The Morgan fingerprint density at radius 2 is 1.80 bits per heavy atom. The maximum absolute atomic E-state index is 12.6. The Morgan fingerprint density at radius 1 is 1.08 bits per heavy atom. The first-order chi connectivity index (χ1) is 12.2. The Bertz CT molecular complexity index is 932. The number of rotatable bonds is 3. The standard InChI is InChI=1S/C18H18ClN5O/c19-14-9-20-18(21-10-14)23-7-5-13(6-8-23)11-24-12-22-16-4-2-1-3-15(16)17(24)25/h1-4,9-10,12-13H,5-8,11H2. The minimum Gasteiger partial charge on any atom is -0.341 e. The van der Waals surface area contributed by atoms with E-state index in [-0.39, 0.29) is 5.56 Å². The number of aromatic nitrogens is 4. The molecule has 6 nitrogen and oxygen atoms in total. The molecule has 25 heavy (non-hydrogen) atoms. The van der Waals surface area contributed by atoms with Crippen LogP contribution in [0.15, 0.2) is 47.8 Å². The van der Waals surface area contributed by atoms with Gasteiger partial charge in [0.1, 0.15) is 0 Å². The molecule has 0 atom stereocenters. The molecule has 0 N–H and O–H groups in total. The molecule has 7 heteroatoms. The van der Waals surface area contributed by atoms with Crippen LogP contribution in [0.5, 0.6) is 0 Å². The summed E-state index contributed by atoms with van der Waals surface area (Å²) in [7, 11) is 0. The molecule has 1 saturated heterocycles. The third-order valence-corrected chi connectivity index (χ3v) is 4.89. The van der Waals surface area contributed by atoms with Crippen LogP contribution >= 0.6 is 11.6 Å². The molecule has 4 rings (SSSR count). The predicted molar refractivity (Wildman–Crippen MR) is 98.0 cm³/mol. The van der Waals surface area contributed by atoms with E-state index in [1.54, 1.807) is 23.3 Å². The van der Waals surface area contributed by atoms with E-state index in [9.17, 15) is 4.79 Å². The Balaban J connectivity index is 1.44. The quantitative estimate of drug-likeness (QED) is 0.722. The summed E-state index contributed by atoms with van der Waals surface area (Å²) in [5.74, 6) is 1.16. The lowest BCUT2D eigenvalue weighted by Gasteiger charge is -2.32. The highest BCUT2D eigenvalue weighted by Crippen LogP contribution is 2.22. The van der Waals surface area contributed by atoms with E-state index in [0.717, 1.165) is 31.4 Å². The van der Waals surface area contributed by atoms with Crippen LogP contribution in [0.4, 0.5) is 5.95 Å². The zero-order valence-electron chi connectivity index (χ0n) is 13.7. The van der Waals surface area contributed by atoms with Crippen LogP contribution in [0.2, 0.25) is 5.02 Å². The molecule has 1 fully saturated rings. The summed E-state index contributed by atoms with van der Waals surface area (Å²) in [6.07, 6.45) is 6.89. The number of para-hydroxylation sites is 1. The SMILES string of the molecule is O=c1c2ccccc2ncn1CC1CCN(c2ncc(Cl)cn2)CC1. The van der Waals surface area contributed by atoms with Crippen LogP contribution in [0.25, 0.3) is 10.9 Å². The van der Waals surface area contributed by atoms with Crippen molar-refractivity contribution in [3.63, 3.8) is 0 Å². The minimum atomic E-state index is 0.0362. The summed E-state index contributed by atoms with van der Waals surface area (Å²) in [5.41, 5.74) is 0.785. The molecule has 1 aliphatic rings. The van der Waals surface area contributed by atoms with Gasteiger partial charge in [-0.3, -0.25) is 9.36 Å². The van der Waals surface area contributed by atoms with Gasteiger partial charge in [-0.1, -0.05) is 23.7 Å². The summed E-state index contributed by atoms with van der Waals surface area (Å²) in [6, 6.07) is 7.47. The molecular formula is C18H18ClN5O. The molecule has 128 valence electrons. The predicted octanol–water partition coefficient (Wildman–Crippen LogP) is 2.76. The van der Waals surface area contributed by atoms with Crippen molar-refractivity contribution in [3.05, 3.63) is 58.4 Å². The van der Waals surface area contributed by atoms with Gasteiger partial charge < -0.3 is 4.90 Å². The number of benzene rings is 1. The Labute approximate surface area is 150 Å². The van der Waals surface area contributed by atoms with Crippen LogP contribution in [0, 0.1) is 5.92 Å². The van der Waals surface area contributed by atoms with Gasteiger partial charge in [-0.2, -0.15) is 0 Å². The lowest BCUT2D eigenvalue weighted by molar-refractivity contribution is 0.350. The molecule has 0 saturated carbocycles. The van der Waals surface area contributed by atoms with Gasteiger partial charge in [0.15, 0.2) is 0 Å². The van der Waals surface area contributed by atoms with Gasteiger partial charge >= 0.3 is 0 Å². The third kappa shape index (κ3) is 3.35. The second kappa shape index (κ2) is 6.80. The van der Waals surface area contributed by atoms with Gasteiger partial charge in [-0.15, -0.1) is 0 Å². The summed E-state index contributed by atoms with van der Waals surface area (Å²) >= 11 is 5.84. The fraction of sp³-hybridized carbons (Fsp3) is 0.333. The van der Waals surface area contributed by atoms with Gasteiger partial charge in [-0.25, -0.2) is 15.0 Å². The average molecular weight is 356 g/mol. The van der Waals surface area contributed by atoms with Gasteiger partial charge in [0.2, 0.25) is 5.95 Å². The summed E-state index contributed by atoms with van der Waals surface area (Å²) in [5, 5.41) is 1.22. The molecule has 3 heterocycles. The van der Waals surface area contributed by atoms with E-state index in [2.05, 4.69) is 19.9 Å². The number of hydrogen-bond acceptors (Lipinski definition) is 5. The second-order valence-corrected chi connectivity index (χ2v) is 6.79. The second-order valence-electron chi connectivity index (χ2n) is 6.35. The highest BCUT2D eigenvalue weighted by Gasteiger charge is 2.21. The highest BCUT2D eigenvalue weighted by atomic mass is 35.5. The van der Waals surface area contributed by atoms with Crippen LogP contribution in [0.3, 0.4) is 0 Å². The topological polar surface area (TPSA) is 63.9 Å². The smallest absolute Gasteiger partial charge is 0.261 e. The number of fused-ring (bicyclic) bond motifs is 1. The number of hydrogen-bond donors (Lipinski definition) is 0. The Kier molecular flexibility index (Phi) is 4.36. The first kappa shape index (κ1) is 16.0. The van der Waals surface area contributed by atoms with Crippen molar-refractivity contribution in [3.8, 4) is 0 Å². The third-order valence-electron chi connectivity index (χ3n) is 4.69. The molecule has 0 amide bonds. The number of nitrogens with zero attached hydrogens (tertiary/aromatic N) is 5. The molecule has 1 aliphatic heterocycles. The normalized spacial score (nSPS) is 15.6. The van der Waals surface area contributed by atoms with Crippen molar-refractivity contribution < 1.29 is 0 Å². The number of piperidine rings is 1. The van der Waals surface area contributed by atoms with Gasteiger partial charge in [0.25, 0.3) is 5.56 Å². The van der Waals surface area contributed by atoms with Gasteiger partial charge in [0.05, 0.1) is 34.6 Å². The lowest BCUT2D eigenvalue weighted by Crippen LogP contribution is -2.37. The monoisotopic (exact) mass is 355 g/mol. The van der Waals surface area contributed by atoms with E-state index in [0.29, 0.717) is 28.8 Å². The van der Waals surface area contributed by atoms with Crippen molar-refractivity contribution in [1.82, 2.24) is 19.5 Å². The highest BCUT2D eigenvalue weighted by molar-refractivity contribution is 6.30. The maximum atomic E-state index is 12.6. The van der Waals surface area contributed by atoms with E-state index in [4.69, 9.17) is 11.6 Å². The number of anilines is 1. The molecule has 0 aliphatic carbocycles. The van der Waals surface area contributed by atoms with Crippen molar-refractivity contribution in [2.75, 3.05) is 18.0 Å². The van der Waals surface area contributed by atoms with Crippen molar-refractivity contribution in [2.24, 2.45) is 5.92 Å². The summed E-state index contributed by atoms with van der Waals surface area (Å²) in [4.78, 5) is 27.7. The van der Waals surface area contributed by atoms with Gasteiger partial charge in [0, 0.05) is 19.6 Å². The summed E-state index contributed by atoms with van der Waals surface area (Å²) in [6.45, 7) is 2.45. The molecule has 0 spiro atoms. The zero-order valence-corrected chi connectivity index (χ0v) is 14.4. The number of halogens is 1. The summed E-state index contributed by atoms with van der Waals surface area (Å²) < 4.78 is 1.74. The van der Waals surface area contributed by atoms with Crippen molar-refractivity contribution >= 4 is 28.5 Å². The molecule has 1 aromatic carbocycles. The zero-order chi connectivity index (χ0) is 17.2. The fourth-order valence-corrected chi connectivity index (χ4v) is 3.40. The first-order valence-electron chi connectivity index (χ1n) is 8.37. The molecule has 0 bridgehead atoms. The van der Waals surface area contributed by atoms with Crippen LogP contribution in [0.1, 0.15) is 12.8 Å². The fourth-order valence-electron chi connectivity index (χ4n) is 3.30. The average Bonchev–Trinajstić information content (AvgIpc) is 2.66. The van der Waals surface area contributed by atoms with Crippen LogP contribution in [-0.2, 0) is 6.54 Å². The Hall–Kier alpha value is -2.47. The van der Waals surface area contributed by atoms with Crippen molar-refractivity contribution in [2.45, 2.75) is 19.4 Å². The molecule has 2 aromatic heterocycles. The van der Waals surface area contributed by atoms with E-state index < -0.39 is 0 Å².